The fraction of sp³-hybridized carbons (Fsp3) is 0.571. The largest absolute Gasteiger partial charge is 0.508 e. The van der Waals surface area contributed by atoms with Crippen molar-refractivity contribution in [1.29, 1.82) is 0 Å². The zero-order valence-electron chi connectivity index (χ0n) is 10.5. The normalized spacial score (nSPS) is 21.3. The molecule has 1 atom stereocenters. The van der Waals surface area contributed by atoms with Crippen LogP contribution in [-0.2, 0) is 6.54 Å². The third-order valence-electron chi connectivity index (χ3n) is 3.59. The Bertz CT molecular complexity index is 392. The van der Waals surface area contributed by atoms with Crippen LogP contribution in [0.3, 0.4) is 0 Å². The van der Waals surface area contributed by atoms with Gasteiger partial charge in [-0.1, -0.05) is 29.8 Å². The third-order valence-corrected chi connectivity index (χ3v) is 4.36. The molecule has 94 valence electrons. The van der Waals surface area contributed by atoms with E-state index in [4.69, 9.17) is 0 Å². The molecule has 1 N–H and O–H groups in total. The minimum Gasteiger partial charge on any atom is -0.508 e. The molecule has 0 aromatic heterocycles. The van der Waals surface area contributed by atoms with Crippen LogP contribution in [0.4, 0.5) is 0 Å². The highest BCUT2D eigenvalue weighted by molar-refractivity contribution is 9.10. The standard InChI is InChI=1S/C14H20BrNO/c1-10(2)14-4-3-7-16(14)9-11-8-12(17)5-6-13(11)15/h5-6,8,10,14,17H,3-4,7,9H2,1-2H3. The van der Waals surface area contributed by atoms with Crippen LogP contribution in [-0.4, -0.2) is 22.6 Å². The van der Waals surface area contributed by atoms with E-state index in [0.29, 0.717) is 17.7 Å². The second-order valence-electron chi connectivity index (χ2n) is 5.20. The van der Waals surface area contributed by atoms with Crippen molar-refractivity contribution in [2.45, 2.75) is 39.3 Å². The van der Waals surface area contributed by atoms with Gasteiger partial charge in [0.1, 0.15) is 5.75 Å². The molecule has 0 saturated carbocycles. The van der Waals surface area contributed by atoms with Crippen molar-refractivity contribution < 1.29 is 5.11 Å². The molecule has 2 nitrogen and oxygen atoms in total. The van der Waals surface area contributed by atoms with E-state index in [0.717, 1.165) is 11.0 Å². The molecule has 3 heteroatoms. The van der Waals surface area contributed by atoms with Gasteiger partial charge in [0.05, 0.1) is 0 Å². The predicted molar refractivity (Wildman–Crippen MR) is 74.1 cm³/mol. The van der Waals surface area contributed by atoms with Gasteiger partial charge in [-0.2, -0.15) is 0 Å². The highest BCUT2D eigenvalue weighted by Crippen LogP contribution is 2.29. The molecule has 1 aromatic carbocycles. The molecule has 1 saturated heterocycles. The van der Waals surface area contributed by atoms with Gasteiger partial charge in [0, 0.05) is 17.1 Å². The summed E-state index contributed by atoms with van der Waals surface area (Å²) in [7, 11) is 0. The van der Waals surface area contributed by atoms with E-state index in [1.165, 1.54) is 24.9 Å². The van der Waals surface area contributed by atoms with Crippen molar-refractivity contribution in [1.82, 2.24) is 4.90 Å². The first-order chi connectivity index (χ1) is 8.08. The third kappa shape index (κ3) is 3.02. The minimum atomic E-state index is 0.350. The number of nitrogens with zero attached hydrogens (tertiary/aromatic N) is 1. The molecule has 1 aliphatic heterocycles. The zero-order chi connectivity index (χ0) is 12.4. The quantitative estimate of drug-likeness (QED) is 0.918. The lowest BCUT2D eigenvalue weighted by Crippen LogP contribution is -2.32. The first kappa shape index (κ1) is 12.9. The Hall–Kier alpha value is -0.540. The lowest BCUT2D eigenvalue weighted by Gasteiger charge is -2.27. The molecule has 1 aromatic rings. The summed E-state index contributed by atoms with van der Waals surface area (Å²) in [6.07, 6.45) is 2.59. The van der Waals surface area contributed by atoms with Crippen LogP contribution in [0.25, 0.3) is 0 Å². The molecular weight excluding hydrogens is 278 g/mol. The van der Waals surface area contributed by atoms with Crippen LogP contribution in [0.5, 0.6) is 5.75 Å². The van der Waals surface area contributed by atoms with Crippen molar-refractivity contribution >= 4 is 15.9 Å². The molecule has 1 aliphatic rings. The summed E-state index contributed by atoms with van der Waals surface area (Å²) in [4.78, 5) is 2.53. The van der Waals surface area contributed by atoms with Crippen molar-refractivity contribution in [3.63, 3.8) is 0 Å². The molecule has 17 heavy (non-hydrogen) atoms. The van der Waals surface area contributed by atoms with Gasteiger partial charge < -0.3 is 5.11 Å². The molecule has 1 heterocycles. The van der Waals surface area contributed by atoms with E-state index < -0.39 is 0 Å². The van der Waals surface area contributed by atoms with Crippen LogP contribution in [0.2, 0.25) is 0 Å². The summed E-state index contributed by atoms with van der Waals surface area (Å²) in [5, 5.41) is 9.55. The number of halogens is 1. The first-order valence-corrected chi connectivity index (χ1v) is 7.08. The van der Waals surface area contributed by atoms with Crippen LogP contribution in [0.15, 0.2) is 22.7 Å². The zero-order valence-corrected chi connectivity index (χ0v) is 12.1. The molecular formula is C14H20BrNO. The molecule has 0 radical (unpaired) electrons. The monoisotopic (exact) mass is 297 g/mol. The second kappa shape index (κ2) is 5.40. The SMILES string of the molecule is CC(C)C1CCCN1Cc1cc(O)ccc1Br. The number of hydrogen-bond acceptors (Lipinski definition) is 2. The number of phenols is 1. The van der Waals surface area contributed by atoms with Gasteiger partial charge in [0.25, 0.3) is 0 Å². The van der Waals surface area contributed by atoms with E-state index in [1.807, 2.05) is 12.1 Å². The molecule has 2 rings (SSSR count). The summed E-state index contributed by atoms with van der Waals surface area (Å²) in [6, 6.07) is 6.19. The van der Waals surface area contributed by atoms with Gasteiger partial charge in [-0.05, 0) is 49.1 Å². The smallest absolute Gasteiger partial charge is 0.115 e. The number of hydrogen-bond donors (Lipinski definition) is 1. The summed E-state index contributed by atoms with van der Waals surface area (Å²) in [5.41, 5.74) is 1.18. The number of rotatable bonds is 3. The first-order valence-electron chi connectivity index (χ1n) is 6.29. The fourth-order valence-corrected chi connectivity index (χ4v) is 3.08. The molecule has 0 aliphatic carbocycles. The Morgan fingerprint density at radius 3 is 2.94 bits per heavy atom. The Morgan fingerprint density at radius 1 is 1.47 bits per heavy atom. The predicted octanol–water partition coefficient (Wildman–Crippen LogP) is 3.78. The van der Waals surface area contributed by atoms with Gasteiger partial charge in [0.15, 0.2) is 0 Å². The maximum atomic E-state index is 9.55. The summed E-state index contributed by atoms with van der Waals surface area (Å²) in [5.74, 6) is 1.05. The fourth-order valence-electron chi connectivity index (χ4n) is 2.70. The van der Waals surface area contributed by atoms with Gasteiger partial charge in [-0.15, -0.1) is 0 Å². The second-order valence-corrected chi connectivity index (χ2v) is 6.05. The maximum Gasteiger partial charge on any atom is 0.115 e. The Kier molecular flexibility index (Phi) is 4.10. The highest BCUT2D eigenvalue weighted by Gasteiger charge is 2.27. The number of likely N-dealkylation sites (tertiary alicyclic amines) is 1. The van der Waals surface area contributed by atoms with E-state index in [9.17, 15) is 5.11 Å². The Morgan fingerprint density at radius 2 is 2.24 bits per heavy atom. The van der Waals surface area contributed by atoms with Gasteiger partial charge in [-0.25, -0.2) is 0 Å². The van der Waals surface area contributed by atoms with Gasteiger partial charge >= 0.3 is 0 Å². The number of aromatic hydroxyl groups is 1. The molecule has 1 unspecified atom stereocenters. The van der Waals surface area contributed by atoms with Crippen molar-refractivity contribution in [2.24, 2.45) is 5.92 Å². The molecule has 0 spiro atoms. The Labute approximate surface area is 112 Å². The van der Waals surface area contributed by atoms with Gasteiger partial charge in [0.2, 0.25) is 0 Å². The maximum absolute atomic E-state index is 9.55. The summed E-state index contributed by atoms with van der Waals surface area (Å²) < 4.78 is 1.09. The van der Waals surface area contributed by atoms with Crippen LogP contribution >= 0.6 is 15.9 Å². The lowest BCUT2D eigenvalue weighted by atomic mass is 10.0. The van der Waals surface area contributed by atoms with E-state index in [-0.39, 0.29) is 0 Å². The summed E-state index contributed by atoms with van der Waals surface area (Å²) in [6.45, 7) is 6.68. The van der Waals surface area contributed by atoms with Crippen LogP contribution in [0.1, 0.15) is 32.3 Å². The van der Waals surface area contributed by atoms with Crippen LogP contribution < -0.4 is 0 Å². The average Bonchev–Trinajstić information content (AvgIpc) is 2.71. The minimum absolute atomic E-state index is 0.350. The van der Waals surface area contributed by atoms with Crippen molar-refractivity contribution in [2.75, 3.05) is 6.54 Å². The molecule has 0 amide bonds. The average molecular weight is 298 g/mol. The van der Waals surface area contributed by atoms with Crippen molar-refractivity contribution in [3.8, 4) is 5.75 Å². The topological polar surface area (TPSA) is 23.5 Å². The highest BCUT2D eigenvalue weighted by atomic mass is 79.9. The van der Waals surface area contributed by atoms with E-state index >= 15 is 0 Å². The van der Waals surface area contributed by atoms with Crippen LogP contribution in [0, 0.1) is 5.92 Å². The van der Waals surface area contributed by atoms with E-state index in [2.05, 4.69) is 34.7 Å². The molecule has 0 bridgehead atoms. The molecule has 1 fully saturated rings. The van der Waals surface area contributed by atoms with Gasteiger partial charge in [-0.3, -0.25) is 4.90 Å². The number of phenolic OH excluding ortho intramolecular Hbond substituents is 1. The van der Waals surface area contributed by atoms with Crippen molar-refractivity contribution in [3.05, 3.63) is 28.2 Å². The Balaban J connectivity index is 2.12. The van der Waals surface area contributed by atoms with E-state index in [1.54, 1.807) is 6.07 Å². The lowest BCUT2D eigenvalue weighted by molar-refractivity contribution is 0.198. The summed E-state index contributed by atoms with van der Waals surface area (Å²) >= 11 is 3.56. The number of benzene rings is 1.